The van der Waals surface area contributed by atoms with Crippen molar-refractivity contribution in [2.75, 3.05) is 11.9 Å². The molecular weight excluding hydrogens is 227 g/mol. The molecule has 0 heterocycles. The van der Waals surface area contributed by atoms with Gasteiger partial charge in [-0.05, 0) is 43.9 Å². The quantitative estimate of drug-likeness (QED) is 0.889. The second-order valence-corrected chi connectivity index (χ2v) is 5.52. The van der Waals surface area contributed by atoms with Crippen LogP contribution >= 0.6 is 0 Å². The third-order valence-corrected chi connectivity index (χ3v) is 3.82. The van der Waals surface area contributed by atoms with Crippen LogP contribution in [0.1, 0.15) is 38.2 Å². The first-order valence-corrected chi connectivity index (χ1v) is 6.85. The van der Waals surface area contributed by atoms with Crippen LogP contribution in [-0.4, -0.2) is 19.1 Å². The SMILES string of the molecule is CC(N)Cc1ccc(N(C)C2CCCC2)c(F)c1. The number of halogens is 1. The van der Waals surface area contributed by atoms with Crippen LogP contribution in [0.15, 0.2) is 18.2 Å². The van der Waals surface area contributed by atoms with Gasteiger partial charge in [0.25, 0.3) is 0 Å². The van der Waals surface area contributed by atoms with Gasteiger partial charge in [0.15, 0.2) is 0 Å². The highest BCUT2D eigenvalue weighted by Gasteiger charge is 2.21. The lowest BCUT2D eigenvalue weighted by atomic mass is 10.1. The average molecular weight is 250 g/mol. The summed E-state index contributed by atoms with van der Waals surface area (Å²) < 4.78 is 14.1. The predicted octanol–water partition coefficient (Wildman–Crippen LogP) is 3.09. The first-order valence-electron chi connectivity index (χ1n) is 6.85. The minimum atomic E-state index is -0.123. The average Bonchev–Trinajstić information content (AvgIpc) is 2.80. The molecule has 0 aliphatic heterocycles. The number of hydrogen-bond acceptors (Lipinski definition) is 2. The van der Waals surface area contributed by atoms with Gasteiger partial charge in [0.05, 0.1) is 5.69 Å². The third kappa shape index (κ3) is 3.02. The zero-order valence-electron chi connectivity index (χ0n) is 11.3. The summed E-state index contributed by atoms with van der Waals surface area (Å²) in [5.41, 5.74) is 7.43. The summed E-state index contributed by atoms with van der Waals surface area (Å²) in [5, 5.41) is 0. The van der Waals surface area contributed by atoms with Gasteiger partial charge in [-0.2, -0.15) is 0 Å². The van der Waals surface area contributed by atoms with E-state index in [2.05, 4.69) is 4.90 Å². The highest BCUT2D eigenvalue weighted by Crippen LogP contribution is 2.29. The molecule has 0 spiro atoms. The van der Waals surface area contributed by atoms with Gasteiger partial charge in [-0.25, -0.2) is 4.39 Å². The van der Waals surface area contributed by atoms with Crippen molar-refractivity contribution in [3.63, 3.8) is 0 Å². The van der Waals surface area contributed by atoms with Crippen molar-refractivity contribution in [1.29, 1.82) is 0 Å². The molecule has 0 saturated heterocycles. The number of benzene rings is 1. The first kappa shape index (κ1) is 13.3. The van der Waals surface area contributed by atoms with E-state index in [1.54, 1.807) is 6.07 Å². The van der Waals surface area contributed by atoms with Gasteiger partial charge in [-0.3, -0.25) is 0 Å². The van der Waals surface area contributed by atoms with Crippen LogP contribution < -0.4 is 10.6 Å². The van der Waals surface area contributed by atoms with Crippen LogP contribution in [0.5, 0.6) is 0 Å². The molecule has 1 fully saturated rings. The van der Waals surface area contributed by atoms with Crippen molar-refractivity contribution in [1.82, 2.24) is 0 Å². The third-order valence-electron chi connectivity index (χ3n) is 3.82. The smallest absolute Gasteiger partial charge is 0.146 e. The van der Waals surface area contributed by atoms with Crippen molar-refractivity contribution in [2.45, 2.75) is 51.1 Å². The highest BCUT2D eigenvalue weighted by molar-refractivity contribution is 5.49. The maximum absolute atomic E-state index is 14.1. The van der Waals surface area contributed by atoms with Crippen molar-refractivity contribution in [2.24, 2.45) is 5.73 Å². The minimum Gasteiger partial charge on any atom is -0.369 e. The summed E-state index contributed by atoms with van der Waals surface area (Å²) in [6.07, 6.45) is 5.61. The molecule has 0 bridgehead atoms. The van der Waals surface area contributed by atoms with E-state index in [-0.39, 0.29) is 11.9 Å². The van der Waals surface area contributed by atoms with Gasteiger partial charge in [0.1, 0.15) is 5.82 Å². The Morgan fingerprint density at radius 2 is 2.06 bits per heavy atom. The Morgan fingerprint density at radius 1 is 1.39 bits per heavy atom. The van der Waals surface area contributed by atoms with Gasteiger partial charge >= 0.3 is 0 Å². The molecule has 1 saturated carbocycles. The van der Waals surface area contributed by atoms with E-state index in [0.717, 1.165) is 17.7 Å². The topological polar surface area (TPSA) is 29.3 Å². The molecule has 0 amide bonds. The van der Waals surface area contributed by atoms with E-state index < -0.39 is 0 Å². The molecule has 1 aliphatic rings. The van der Waals surface area contributed by atoms with Crippen molar-refractivity contribution in [3.8, 4) is 0 Å². The van der Waals surface area contributed by atoms with Crippen LogP contribution in [0.2, 0.25) is 0 Å². The number of hydrogen-bond donors (Lipinski definition) is 1. The lowest BCUT2D eigenvalue weighted by Gasteiger charge is -2.27. The molecule has 18 heavy (non-hydrogen) atoms. The van der Waals surface area contributed by atoms with Gasteiger partial charge in [-0.1, -0.05) is 18.9 Å². The molecule has 100 valence electrons. The molecule has 0 aromatic heterocycles. The second-order valence-electron chi connectivity index (χ2n) is 5.52. The van der Waals surface area contributed by atoms with Crippen molar-refractivity contribution in [3.05, 3.63) is 29.6 Å². The number of anilines is 1. The lowest BCUT2D eigenvalue weighted by Crippen LogP contribution is -2.29. The zero-order chi connectivity index (χ0) is 13.1. The molecule has 2 nitrogen and oxygen atoms in total. The Balaban J connectivity index is 2.13. The van der Waals surface area contributed by atoms with Crippen molar-refractivity contribution >= 4 is 5.69 Å². The maximum atomic E-state index is 14.1. The fourth-order valence-corrected chi connectivity index (χ4v) is 2.82. The Bertz CT molecular complexity index is 397. The standard InChI is InChI=1S/C15H23FN2/c1-11(17)9-12-7-8-15(14(16)10-12)18(2)13-5-3-4-6-13/h7-8,10-11,13H,3-6,9,17H2,1-2H3. The second kappa shape index (κ2) is 5.70. The molecular formula is C15H23FN2. The largest absolute Gasteiger partial charge is 0.369 e. The molecule has 1 unspecified atom stereocenters. The highest BCUT2D eigenvalue weighted by atomic mass is 19.1. The monoisotopic (exact) mass is 250 g/mol. The van der Waals surface area contributed by atoms with Gasteiger partial charge in [-0.15, -0.1) is 0 Å². The van der Waals surface area contributed by atoms with E-state index >= 15 is 0 Å². The molecule has 1 aromatic carbocycles. The minimum absolute atomic E-state index is 0.0720. The Morgan fingerprint density at radius 3 is 2.61 bits per heavy atom. The molecule has 3 heteroatoms. The number of rotatable bonds is 4. The molecule has 2 rings (SSSR count). The van der Waals surface area contributed by atoms with E-state index in [4.69, 9.17) is 5.73 Å². The van der Waals surface area contributed by atoms with Crippen LogP contribution in [0.25, 0.3) is 0 Å². The van der Waals surface area contributed by atoms with Gasteiger partial charge in [0.2, 0.25) is 0 Å². The maximum Gasteiger partial charge on any atom is 0.146 e. The van der Waals surface area contributed by atoms with E-state index in [1.165, 1.54) is 25.7 Å². The predicted molar refractivity (Wildman–Crippen MR) is 74.4 cm³/mol. The fraction of sp³-hybridized carbons (Fsp3) is 0.600. The number of nitrogens with two attached hydrogens (primary N) is 1. The summed E-state index contributed by atoms with van der Waals surface area (Å²) >= 11 is 0. The lowest BCUT2D eigenvalue weighted by molar-refractivity contribution is 0.592. The number of nitrogens with zero attached hydrogens (tertiary/aromatic N) is 1. The zero-order valence-corrected chi connectivity index (χ0v) is 11.3. The van der Waals surface area contributed by atoms with Gasteiger partial charge < -0.3 is 10.6 Å². The summed E-state index contributed by atoms with van der Waals surface area (Å²) in [5.74, 6) is -0.123. The molecule has 1 aromatic rings. The summed E-state index contributed by atoms with van der Waals surface area (Å²) in [6, 6.07) is 6.09. The van der Waals surface area contributed by atoms with Crippen LogP contribution in [0.4, 0.5) is 10.1 Å². The van der Waals surface area contributed by atoms with Crippen LogP contribution in [-0.2, 0) is 6.42 Å². The Labute approximate surface area is 109 Å². The molecule has 1 aliphatic carbocycles. The molecule has 0 radical (unpaired) electrons. The van der Waals surface area contributed by atoms with Crippen molar-refractivity contribution < 1.29 is 4.39 Å². The van der Waals surface area contributed by atoms with E-state index in [0.29, 0.717) is 6.04 Å². The molecule has 1 atom stereocenters. The molecule has 2 N–H and O–H groups in total. The van der Waals surface area contributed by atoms with Crippen LogP contribution in [0.3, 0.4) is 0 Å². The normalized spacial score (nSPS) is 18.0. The van der Waals surface area contributed by atoms with E-state index in [9.17, 15) is 4.39 Å². The summed E-state index contributed by atoms with van der Waals surface area (Å²) in [4.78, 5) is 2.10. The van der Waals surface area contributed by atoms with E-state index in [1.807, 2.05) is 26.1 Å². The summed E-state index contributed by atoms with van der Waals surface area (Å²) in [6.45, 7) is 1.94. The Kier molecular flexibility index (Phi) is 4.23. The van der Waals surface area contributed by atoms with Crippen LogP contribution in [0, 0.1) is 5.82 Å². The van der Waals surface area contributed by atoms with Gasteiger partial charge in [0, 0.05) is 19.1 Å². The summed E-state index contributed by atoms with van der Waals surface area (Å²) in [7, 11) is 2.00. The fourth-order valence-electron chi connectivity index (χ4n) is 2.82. The Hall–Kier alpha value is -1.09. The first-order chi connectivity index (χ1) is 8.58.